The number of carbonyl (C=O) groups is 2. The number of halogens is 3. The maximum Gasteiger partial charge on any atom is 0.431 e. The Hall–Kier alpha value is -3.30. The second kappa shape index (κ2) is 9.75. The number of aryl methyl sites for hydroxylation is 1. The fourth-order valence-electron chi connectivity index (χ4n) is 4.20. The van der Waals surface area contributed by atoms with Crippen molar-refractivity contribution in [2.75, 3.05) is 4.90 Å². The number of carbonyl (C=O) groups excluding carboxylic acids is 2. The van der Waals surface area contributed by atoms with Crippen LogP contribution in [0.2, 0.25) is 0 Å². The van der Waals surface area contributed by atoms with Gasteiger partial charge in [-0.3, -0.25) is 14.5 Å². The maximum absolute atomic E-state index is 13.1. The summed E-state index contributed by atoms with van der Waals surface area (Å²) in [5.74, 6) is -0.793. The fourth-order valence-corrected chi connectivity index (χ4v) is 4.20. The average molecular weight is 494 g/mol. The Balaban J connectivity index is 1.97. The molecule has 0 fully saturated rings. The molecule has 10 heteroatoms. The van der Waals surface area contributed by atoms with E-state index in [9.17, 15) is 27.6 Å². The number of nitrogens with one attached hydrogen (secondary N) is 2. The molecule has 1 aliphatic heterocycles. The first-order valence-electron chi connectivity index (χ1n) is 11.5. The molecule has 0 aliphatic carbocycles. The normalized spacial score (nSPS) is 18.1. The number of ether oxygens (including phenoxy) is 1. The number of hydrogen-bond donors (Lipinski definition) is 2. The number of anilines is 1. The number of aromatic nitrogens is 1. The highest BCUT2D eigenvalue weighted by atomic mass is 19.4. The Morgan fingerprint density at radius 1 is 1.17 bits per heavy atom. The molecule has 2 unspecified atom stereocenters. The lowest BCUT2D eigenvalue weighted by atomic mass is 9.88. The highest BCUT2D eigenvalue weighted by Crippen LogP contribution is 2.40. The van der Waals surface area contributed by atoms with Gasteiger partial charge < -0.3 is 15.0 Å². The van der Waals surface area contributed by atoms with E-state index in [4.69, 9.17) is 4.74 Å². The summed E-state index contributed by atoms with van der Waals surface area (Å²) in [5, 5.41) is 2.79. The van der Waals surface area contributed by atoms with Crippen molar-refractivity contribution >= 4 is 17.7 Å². The number of alkyl halides is 3. The van der Waals surface area contributed by atoms with Crippen molar-refractivity contribution in [1.82, 2.24) is 10.3 Å². The minimum atomic E-state index is -4.73. The van der Waals surface area contributed by atoms with E-state index in [2.05, 4.69) is 5.32 Å². The van der Waals surface area contributed by atoms with Crippen LogP contribution < -0.4 is 15.8 Å². The van der Waals surface area contributed by atoms with Crippen molar-refractivity contribution < 1.29 is 27.5 Å². The summed E-state index contributed by atoms with van der Waals surface area (Å²) in [7, 11) is 0. The third-order valence-corrected chi connectivity index (χ3v) is 5.67. The summed E-state index contributed by atoms with van der Waals surface area (Å²) >= 11 is 0. The molecule has 2 amide bonds. The number of benzene rings is 1. The summed E-state index contributed by atoms with van der Waals surface area (Å²) in [6.07, 6.45) is -3.46. The van der Waals surface area contributed by atoms with E-state index in [1.165, 1.54) is 0 Å². The predicted octanol–water partition coefficient (Wildman–Crippen LogP) is 5.49. The van der Waals surface area contributed by atoms with E-state index in [-0.39, 0.29) is 6.04 Å². The first kappa shape index (κ1) is 26.3. The molecule has 35 heavy (non-hydrogen) atoms. The standard InChI is InChI=1S/C25H30F3N3O4/c1-6-7-15-13-18(29-21(32)16-9-11-20(25(26,27)28)30-22(16)33)17-12-14(2)8-10-19(17)31(15)23(34)35-24(3,4)5/h8-12,15,18H,6-7,13H2,1-5H3,(H,29,32)(H,30,33). The molecule has 0 radical (unpaired) electrons. The number of rotatable bonds is 4. The van der Waals surface area contributed by atoms with Gasteiger partial charge in [0.05, 0.1) is 11.7 Å². The van der Waals surface area contributed by atoms with Gasteiger partial charge >= 0.3 is 12.3 Å². The SMILES string of the molecule is CCCC1CC(NC(=O)c2ccc(C(F)(F)F)[nH]c2=O)c2cc(C)ccc2N1C(=O)OC(C)(C)C. The lowest BCUT2D eigenvalue weighted by Crippen LogP contribution is -2.49. The first-order chi connectivity index (χ1) is 16.2. The van der Waals surface area contributed by atoms with Crippen LogP contribution in [0.1, 0.15) is 80.2 Å². The van der Waals surface area contributed by atoms with Crippen molar-refractivity contribution in [3.8, 4) is 0 Å². The lowest BCUT2D eigenvalue weighted by molar-refractivity contribution is -0.141. The van der Waals surface area contributed by atoms with Gasteiger partial charge in [0.2, 0.25) is 0 Å². The molecule has 2 heterocycles. The Morgan fingerprint density at radius 2 is 1.86 bits per heavy atom. The molecule has 0 bridgehead atoms. The quantitative estimate of drug-likeness (QED) is 0.590. The molecule has 0 spiro atoms. The molecular formula is C25H30F3N3O4. The van der Waals surface area contributed by atoms with E-state index in [1.54, 1.807) is 36.7 Å². The molecule has 3 rings (SSSR count). The van der Waals surface area contributed by atoms with Gasteiger partial charge in [-0.05, 0) is 64.3 Å². The molecule has 1 aromatic carbocycles. The average Bonchev–Trinajstić information content (AvgIpc) is 2.72. The van der Waals surface area contributed by atoms with Crippen molar-refractivity contribution in [2.45, 2.75) is 77.7 Å². The van der Waals surface area contributed by atoms with Crippen LogP contribution >= 0.6 is 0 Å². The van der Waals surface area contributed by atoms with Crippen molar-refractivity contribution in [3.63, 3.8) is 0 Å². The molecule has 0 saturated heterocycles. The van der Waals surface area contributed by atoms with Crippen LogP contribution in [0.4, 0.5) is 23.7 Å². The van der Waals surface area contributed by atoms with Gasteiger partial charge in [0.25, 0.3) is 11.5 Å². The molecule has 190 valence electrons. The highest BCUT2D eigenvalue weighted by Gasteiger charge is 2.39. The second-order valence-electron chi connectivity index (χ2n) is 9.73. The number of aromatic amines is 1. The topological polar surface area (TPSA) is 91.5 Å². The number of fused-ring (bicyclic) bond motifs is 1. The van der Waals surface area contributed by atoms with Crippen LogP contribution in [-0.2, 0) is 10.9 Å². The monoisotopic (exact) mass is 493 g/mol. The van der Waals surface area contributed by atoms with Crippen LogP contribution in [-0.4, -0.2) is 28.6 Å². The molecule has 0 saturated carbocycles. The fraction of sp³-hybridized carbons (Fsp3) is 0.480. The van der Waals surface area contributed by atoms with Gasteiger partial charge in [-0.2, -0.15) is 13.2 Å². The van der Waals surface area contributed by atoms with E-state index < -0.39 is 46.6 Å². The molecule has 2 N–H and O–H groups in total. The number of nitrogens with zero attached hydrogens (tertiary/aromatic N) is 1. The number of amides is 2. The van der Waals surface area contributed by atoms with Gasteiger partial charge in [0.15, 0.2) is 0 Å². The minimum absolute atomic E-state index is 0.291. The first-order valence-corrected chi connectivity index (χ1v) is 11.5. The van der Waals surface area contributed by atoms with Crippen LogP contribution in [0.3, 0.4) is 0 Å². The third-order valence-electron chi connectivity index (χ3n) is 5.67. The Labute approximate surface area is 201 Å². The van der Waals surface area contributed by atoms with E-state index in [0.29, 0.717) is 30.2 Å². The number of pyridine rings is 1. The largest absolute Gasteiger partial charge is 0.443 e. The molecule has 1 aliphatic rings. The molecule has 2 aromatic rings. The zero-order valence-corrected chi connectivity index (χ0v) is 20.4. The Morgan fingerprint density at radius 3 is 2.43 bits per heavy atom. The summed E-state index contributed by atoms with van der Waals surface area (Å²) in [6, 6.07) is 6.17. The maximum atomic E-state index is 13.1. The van der Waals surface area contributed by atoms with Crippen molar-refractivity contribution in [1.29, 1.82) is 0 Å². The van der Waals surface area contributed by atoms with Gasteiger partial charge in [-0.25, -0.2) is 4.79 Å². The highest BCUT2D eigenvalue weighted by molar-refractivity contribution is 5.95. The van der Waals surface area contributed by atoms with Crippen LogP contribution in [0.5, 0.6) is 0 Å². The van der Waals surface area contributed by atoms with Crippen LogP contribution in [0.15, 0.2) is 35.1 Å². The minimum Gasteiger partial charge on any atom is -0.443 e. The van der Waals surface area contributed by atoms with Gasteiger partial charge in [0.1, 0.15) is 16.9 Å². The lowest BCUT2D eigenvalue weighted by Gasteiger charge is -2.41. The van der Waals surface area contributed by atoms with Crippen molar-refractivity contribution in [2.24, 2.45) is 0 Å². The number of H-pyrrole nitrogens is 1. The van der Waals surface area contributed by atoms with Gasteiger partial charge in [-0.1, -0.05) is 31.0 Å². The second-order valence-corrected chi connectivity index (χ2v) is 9.73. The molecule has 2 atom stereocenters. The zero-order valence-electron chi connectivity index (χ0n) is 20.4. The van der Waals surface area contributed by atoms with Gasteiger partial charge in [-0.15, -0.1) is 0 Å². The predicted molar refractivity (Wildman–Crippen MR) is 125 cm³/mol. The smallest absolute Gasteiger partial charge is 0.431 e. The number of hydrogen-bond acceptors (Lipinski definition) is 4. The summed E-state index contributed by atoms with van der Waals surface area (Å²) in [4.78, 5) is 41.6. The zero-order chi connectivity index (χ0) is 26.1. The van der Waals surface area contributed by atoms with Crippen LogP contribution in [0.25, 0.3) is 0 Å². The summed E-state index contributed by atoms with van der Waals surface area (Å²) in [5.41, 5.74) is -1.33. The molecular weight excluding hydrogens is 463 g/mol. The van der Waals surface area contributed by atoms with Crippen LogP contribution in [0, 0.1) is 6.92 Å². The molecule has 7 nitrogen and oxygen atoms in total. The van der Waals surface area contributed by atoms with Gasteiger partial charge in [0, 0.05) is 6.04 Å². The Bertz CT molecular complexity index is 1170. The third kappa shape index (κ3) is 6.04. The Kier molecular flexibility index (Phi) is 7.33. The molecule has 1 aromatic heterocycles. The van der Waals surface area contributed by atoms with E-state index >= 15 is 0 Å². The van der Waals surface area contributed by atoms with Crippen molar-refractivity contribution in [3.05, 3.63) is 63.1 Å². The van der Waals surface area contributed by atoms with E-state index in [1.807, 2.05) is 26.0 Å². The summed E-state index contributed by atoms with van der Waals surface area (Å²) in [6.45, 7) is 9.20. The summed E-state index contributed by atoms with van der Waals surface area (Å²) < 4.78 is 44.3. The van der Waals surface area contributed by atoms with E-state index in [0.717, 1.165) is 18.1 Å².